The Bertz CT molecular complexity index is 1080. The van der Waals surface area contributed by atoms with Crippen molar-refractivity contribution in [3.8, 4) is 0 Å². The van der Waals surface area contributed by atoms with Gasteiger partial charge < -0.3 is 5.11 Å². The van der Waals surface area contributed by atoms with E-state index >= 15 is 0 Å². The second kappa shape index (κ2) is 9.15. The van der Waals surface area contributed by atoms with E-state index in [-0.39, 0.29) is 0 Å². The summed E-state index contributed by atoms with van der Waals surface area (Å²) < 4.78 is 0. The highest BCUT2D eigenvalue weighted by Gasteiger charge is 2.40. The Morgan fingerprint density at radius 3 is 1.77 bits per heavy atom. The number of nitrogens with zero attached hydrogens (tertiary/aromatic N) is 2. The van der Waals surface area contributed by atoms with Crippen molar-refractivity contribution in [2.45, 2.75) is 5.60 Å². The smallest absolute Gasteiger partial charge is 0.281 e. The summed E-state index contributed by atoms with van der Waals surface area (Å²) in [5, 5.41) is 16.0. The van der Waals surface area contributed by atoms with Crippen LogP contribution < -0.4 is 5.43 Å². The maximum atomic E-state index is 13.3. The van der Waals surface area contributed by atoms with Gasteiger partial charge in [0, 0.05) is 23.5 Å². The van der Waals surface area contributed by atoms with Gasteiger partial charge in [-0.2, -0.15) is 5.10 Å². The van der Waals surface area contributed by atoms with Gasteiger partial charge >= 0.3 is 0 Å². The molecule has 0 aliphatic heterocycles. The molecule has 5 nitrogen and oxygen atoms in total. The number of nitrogens with one attached hydrogen (secondary N) is 1. The van der Waals surface area contributed by atoms with Crippen molar-refractivity contribution >= 4 is 11.6 Å². The van der Waals surface area contributed by atoms with Crippen LogP contribution in [0.2, 0.25) is 0 Å². The van der Waals surface area contributed by atoms with Gasteiger partial charge in [-0.1, -0.05) is 91.0 Å². The second-order valence-electron chi connectivity index (χ2n) is 6.95. The van der Waals surface area contributed by atoms with Crippen LogP contribution in [0.3, 0.4) is 0 Å². The first kappa shape index (κ1) is 20.2. The van der Waals surface area contributed by atoms with E-state index in [0.717, 1.165) is 11.1 Å². The molecule has 0 spiro atoms. The number of aromatic nitrogens is 1. The van der Waals surface area contributed by atoms with Gasteiger partial charge in [0.05, 0.1) is 5.71 Å². The molecule has 4 rings (SSSR count). The van der Waals surface area contributed by atoms with E-state index in [1.54, 1.807) is 67.0 Å². The Morgan fingerprint density at radius 1 is 0.742 bits per heavy atom. The maximum Gasteiger partial charge on any atom is 0.281 e. The van der Waals surface area contributed by atoms with Gasteiger partial charge in [0.2, 0.25) is 0 Å². The lowest BCUT2D eigenvalue weighted by Crippen LogP contribution is -2.44. The zero-order valence-electron chi connectivity index (χ0n) is 16.7. The van der Waals surface area contributed by atoms with Crippen LogP contribution in [0, 0.1) is 0 Å². The zero-order chi connectivity index (χ0) is 21.5. The highest BCUT2D eigenvalue weighted by molar-refractivity contribution is 6.13. The maximum absolute atomic E-state index is 13.3. The molecule has 4 aromatic rings. The molecule has 0 atom stereocenters. The van der Waals surface area contributed by atoms with Gasteiger partial charge in [-0.05, 0) is 23.3 Å². The molecule has 31 heavy (non-hydrogen) atoms. The van der Waals surface area contributed by atoms with Crippen LogP contribution in [0.1, 0.15) is 22.3 Å². The summed E-state index contributed by atoms with van der Waals surface area (Å²) in [6.45, 7) is 0. The van der Waals surface area contributed by atoms with Crippen LogP contribution in [0.4, 0.5) is 0 Å². The standard InChI is InChI=1S/C26H21N3O2/c30-25(26(31,22-14-6-2-7-15-22)23-16-8-3-9-17-23)29-28-24(20-11-4-1-5-12-20)21-13-10-18-27-19-21/h1-19,31H,(H,29,30). The lowest BCUT2D eigenvalue weighted by atomic mass is 9.85. The van der Waals surface area contributed by atoms with Crippen molar-refractivity contribution in [3.05, 3.63) is 138 Å². The van der Waals surface area contributed by atoms with Crippen molar-refractivity contribution in [1.82, 2.24) is 10.4 Å². The number of pyridine rings is 1. The number of carbonyl (C=O) groups excluding carboxylic acids is 1. The number of carbonyl (C=O) groups is 1. The Kier molecular flexibility index (Phi) is 5.96. The molecule has 1 aromatic heterocycles. The molecule has 0 aliphatic rings. The van der Waals surface area contributed by atoms with Crippen molar-refractivity contribution in [2.24, 2.45) is 5.10 Å². The minimum atomic E-state index is -1.90. The van der Waals surface area contributed by atoms with Gasteiger partial charge in [0.15, 0.2) is 5.60 Å². The minimum Gasteiger partial charge on any atom is -0.372 e. The van der Waals surface area contributed by atoms with Gasteiger partial charge in [0.1, 0.15) is 0 Å². The normalized spacial score (nSPS) is 11.7. The number of rotatable bonds is 6. The minimum absolute atomic E-state index is 0.455. The predicted octanol–water partition coefficient (Wildman–Crippen LogP) is 3.89. The number of hydrogen-bond acceptors (Lipinski definition) is 4. The summed E-state index contributed by atoms with van der Waals surface area (Å²) in [6.07, 6.45) is 3.35. The molecule has 1 amide bonds. The summed E-state index contributed by atoms with van der Waals surface area (Å²) in [7, 11) is 0. The third kappa shape index (κ3) is 4.27. The Morgan fingerprint density at radius 2 is 1.26 bits per heavy atom. The molecule has 0 unspecified atom stereocenters. The topological polar surface area (TPSA) is 74.6 Å². The van der Waals surface area contributed by atoms with E-state index in [4.69, 9.17) is 0 Å². The molecule has 2 N–H and O–H groups in total. The third-order valence-electron chi connectivity index (χ3n) is 4.96. The summed E-state index contributed by atoms with van der Waals surface area (Å²) in [5.74, 6) is -0.651. The van der Waals surface area contributed by atoms with Crippen molar-refractivity contribution in [2.75, 3.05) is 0 Å². The van der Waals surface area contributed by atoms with E-state index in [1.807, 2.05) is 48.5 Å². The van der Waals surface area contributed by atoms with Gasteiger partial charge in [-0.25, -0.2) is 5.43 Å². The van der Waals surface area contributed by atoms with Crippen molar-refractivity contribution < 1.29 is 9.90 Å². The van der Waals surface area contributed by atoms with E-state index in [9.17, 15) is 9.90 Å². The van der Waals surface area contributed by atoms with Crippen LogP contribution in [0.25, 0.3) is 0 Å². The molecule has 152 valence electrons. The fraction of sp³-hybridized carbons (Fsp3) is 0.0385. The van der Waals surface area contributed by atoms with Crippen LogP contribution >= 0.6 is 0 Å². The average molecular weight is 407 g/mol. The first-order valence-corrected chi connectivity index (χ1v) is 9.87. The number of hydrogen-bond donors (Lipinski definition) is 2. The average Bonchev–Trinajstić information content (AvgIpc) is 2.86. The predicted molar refractivity (Wildman–Crippen MR) is 120 cm³/mol. The molecule has 0 bridgehead atoms. The van der Waals surface area contributed by atoms with Crippen LogP contribution in [0.15, 0.2) is 121 Å². The van der Waals surface area contributed by atoms with Crippen molar-refractivity contribution in [1.29, 1.82) is 0 Å². The Hall–Kier alpha value is -4.09. The molecule has 1 heterocycles. The molecule has 0 saturated carbocycles. The van der Waals surface area contributed by atoms with Crippen molar-refractivity contribution in [3.63, 3.8) is 0 Å². The van der Waals surface area contributed by atoms with Crippen LogP contribution in [0.5, 0.6) is 0 Å². The first-order valence-electron chi connectivity index (χ1n) is 9.87. The number of aliphatic hydroxyl groups is 1. The number of hydrazone groups is 1. The second-order valence-corrected chi connectivity index (χ2v) is 6.95. The summed E-state index contributed by atoms with van der Waals surface area (Å²) >= 11 is 0. The highest BCUT2D eigenvalue weighted by atomic mass is 16.3. The number of amides is 1. The fourth-order valence-corrected chi connectivity index (χ4v) is 3.37. The quantitative estimate of drug-likeness (QED) is 0.376. The molecule has 0 saturated heterocycles. The van der Waals surface area contributed by atoms with Crippen LogP contribution in [-0.4, -0.2) is 21.7 Å². The lowest BCUT2D eigenvalue weighted by molar-refractivity contribution is -0.136. The van der Waals surface area contributed by atoms with E-state index in [0.29, 0.717) is 16.8 Å². The van der Waals surface area contributed by atoms with E-state index in [2.05, 4.69) is 15.5 Å². The fourth-order valence-electron chi connectivity index (χ4n) is 3.37. The van der Waals surface area contributed by atoms with Gasteiger partial charge in [-0.15, -0.1) is 0 Å². The van der Waals surface area contributed by atoms with E-state index in [1.165, 1.54) is 0 Å². The Labute approximate surface area is 180 Å². The SMILES string of the molecule is O=C(NN=C(c1ccccc1)c1cccnc1)C(O)(c1ccccc1)c1ccccc1. The van der Waals surface area contributed by atoms with E-state index < -0.39 is 11.5 Å². The highest BCUT2D eigenvalue weighted by Crippen LogP contribution is 2.30. The molecular weight excluding hydrogens is 386 g/mol. The molecular formula is C26H21N3O2. The lowest BCUT2D eigenvalue weighted by Gasteiger charge is -2.27. The molecule has 0 fully saturated rings. The number of benzene rings is 3. The summed E-state index contributed by atoms with van der Waals surface area (Å²) in [5.41, 5.74) is 3.71. The largest absolute Gasteiger partial charge is 0.372 e. The Balaban J connectivity index is 1.75. The molecule has 0 radical (unpaired) electrons. The van der Waals surface area contributed by atoms with Gasteiger partial charge in [-0.3, -0.25) is 9.78 Å². The van der Waals surface area contributed by atoms with Crippen LogP contribution in [-0.2, 0) is 10.4 Å². The third-order valence-corrected chi connectivity index (χ3v) is 4.96. The molecule has 3 aromatic carbocycles. The summed E-state index contributed by atoms with van der Waals surface area (Å²) in [4.78, 5) is 17.5. The first-order chi connectivity index (χ1) is 15.2. The summed E-state index contributed by atoms with van der Waals surface area (Å²) in [6, 6.07) is 30.8. The zero-order valence-corrected chi connectivity index (χ0v) is 16.7. The molecule has 0 aliphatic carbocycles. The monoisotopic (exact) mass is 407 g/mol. The molecule has 5 heteroatoms. The van der Waals surface area contributed by atoms with Gasteiger partial charge in [0.25, 0.3) is 5.91 Å².